The van der Waals surface area contributed by atoms with Gasteiger partial charge in [-0.1, -0.05) is 122 Å². The van der Waals surface area contributed by atoms with E-state index in [1.54, 1.807) is 0 Å². The molecule has 2 atom stereocenters. The van der Waals surface area contributed by atoms with Gasteiger partial charge in [-0.2, -0.15) is 0 Å². The third-order valence-electron chi connectivity index (χ3n) is 7.07. The highest BCUT2D eigenvalue weighted by Gasteiger charge is 2.25. The number of aliphatic hydroxyl groups excluding tert-OH is 1. The van der Waals surface area contributed by atoms with Crippen LogP contribution in [0.4, 0.5) is 0 Å². The molecule has 3 nitrogen and oxygen atoms in total. The van der Waals surface area contributed by atoms with Crippen LogP contribution in [-0.4, -0.2) is 22.3 Å². The molecule has 0 aromatic rings. The lowest BCUT2D eigenvalue weighted by Crippen LogP contribution is -2.28. The Morgan fingerprint density at radius 2 is 0.886 bits per heavy atom. The normalized spacial score (nSPS) is 13.7. The predicted octanol–water partition coefficient (Wildman–Crippen LogP) is 10.2. The molecule has 0 saturated heterocycles. The van der Waals surface area contributed by atoms with E-state index in [4.69, 9.17) is 0 Å². The van der Waals surface area contributed by atoms with Gasteiger partial charge in [0.25, 0.3) is 0 Å². The first-order valence-electron chi connectivity index (χ1n) is 15.3. The molecule has 35 heavy (non-hydrogen) atoms. The number of hydrogen-bond acceptors (Lipinski definition) is 2. The van der Waals surface area contributed by atoms with Crippen LogP contribution in [0.2, 0.25) is 0 Å². The molecular formula is C32H60O3. The summed E-state index contributed by atoms with van der Waals surface area (Å²) in [6.07, 6.45) is 35.1. The lowest BCUT2D eigenvalue weighted by atomic mass is 9.91. The first-order valence-corrected chi connectivity index (χ1v) is 15.3. The van der Waals surface area contributed by atoms with Crippen molar-refractivity contribution in [3.8, 4) is 0 Å². The van der Waals surface area contributed by atoms with Gasteiger partial charge in [-0.05, 0) is 64.2 Å². The summed E-state index contributed by atoms with van der Waals surface area (Å²) in [4.78, 5) is 11.6. The molecule has 0 amide bonds. The zero-order valence-electron chi connectivity index (χ0n) is 23.5. The zero-order valence-corrected chi connectivity index (χ0v) is 23.5. The fraction of sp³-hybridized carbons (Fsp3) is 0.844. The van der Waals surface area contributed by atoms with Gasteiger partial charge in [-0.15, -0.1) is 0 Å². The molecule has 0 radical (unpaired) electrons. The highest BCUT2D eigenvalue weighted by atomic mass is 16.4. The van der Waals surface area contributed by atoms with Gasteiger partial charge < -0.3 is 10.2 Å². The molecule has 0 rings (SSSR count). The Morgan fingerprint density at radius 3 is 1.29 bits per heavy atom. The molecule has 0 unspecified atom stereocenters. The molecule has 0 aliphatic rings. The lowest BCUT2D eigenvalue weighted by Gasteiger charge is -2.19. The summed E-state index contributed by atoms with van der Waals surface area (Å²) in [5, 5.41) is 20.0. The molecule has 2 N–H and O–H groups in total. The zero-order chi connectivity index (χ0) is 25.8. The van der Waals surface area contributed by atoms with Crippen LogP contribution < -0.4 is 0 Å². The molecule has 0 spiro atoms. The Bertz CT molecular complexity index is 497. The van der Waals surface area contributed by atoms with Gasteiger partial charge in [-0.3, -0.25) is 4.79 Å². The van der Waals surface area contributed by atoms with E-state index in [1.807, 2.05) is 0 Å². The van der Waals surface area contributed by atoms with E-state index in [1.165, 1.54) is 96.3 Å². The molecule has 206 valence electrons. The minimum atomic E-state index is -0.829. The van der Waals surface area contributed by atoms with Gasteiger partial charge in [0.15, 0.2) is 0 Å². The summed E-state index contributed by atoms with van der Waals surface area (Å²) in [7, 11) is 0. The van der Waals surface area contributed by atoms with Crippen molar-refractivity contribution in [3.63, 3.8) is 0 Å². The van der Waals surface area contributed by atoms with E-state index < -0.39 is 18.0 Å². The van der Waals surface area contributed by atoms with Crippen molar-refractivity contribution in [1.29, 1.82) is 0 Å². The van der Waals surface area contributed by atoms with E-state index in [0.29, 0.717) is 12.8 Å². The number of carboxylic acids is 1. The fourth-order valence-corrected chi connectivity index (χ4v) is 4.66. The fourth-order valence-electron chi connectivity index (χ4n) is 4.66. The number of rotatable bonds is 27. The molecule has 0 aliphatic heterocycles. The summed E-state index contributed by atoms with van der Waals surface area (Å²) in [6, 6.07) is 0. The Hall–Kier alpha value is -1.09. The number of aliphatic hydroxyl groups is 1. The van der Waals surface area contributed by atoms with Crippen molar-refractivity contribution in [2.75, 3.05) is 0 Å². The summed E-state index contributed by atoms with van der Waals surface area (Å²) in [5.74, 6) is -1.43. The molecule has 0 aromatic carbocycles. The Labute approximate surface area is 218 Å². The van der Waals surface area contributed by atoms with Crippen LogP contribution in [0.3, 0.4) is 0 Å². The number of allylic oxidation sites excluding steroid dienone is 4. The van der Waals surface area contributed by atoms with Crippen molar-refractivity contribution < 1.29 is 15.0 Å². The maximum Gasteiger partial charge on any atom is 0.309 e. The third kappa shape index (κ3) is 24.4. The molecule has 0 heterocycles. The van der Waals surface area contributed by atoms with E-state index in [-0.39, 0.29) is 0 Å². The largest absolute Gasteiger partial charge is 0.481 e. The van der Waals surface area contributed by atoms with Gasteiger partial charge in [0.1, 0.15) is 0 Å². The SMILES string of the molecule is CCCCCC/C=C/CCCCCCC[C@H](O)[C@@H](CCCCCC/C=C/CCCCCC)C(=O)O. The molecular weight excluding hydrogens is 432 g/mol. The average molecular weight is 493 g/mol. The quantitative estimate of drug-likeness (QED) is 0.0885. The summed E-state index contributed by atoms with van der Waals surface area (Å²) >= 11 is 0. The van der Waals surface area contributed by atoms with E-state index in [9.17, 15) is 15.0 Å². The molecule has 0 aliphatic carbocycles. The monoisotopic (exact) mass is 492 g/mol. The van der Waals surface area contributed by atoms with Crippen LogP contribution in [0, 0.1) is 5.92 Å². The minimum absolute atomic E-state index is 0.597. The van der Waals surface area contributed by atoms with Crippen molar-refractivity contribution in [2.45, 2.75) is 168 Å². The van der Waals surface area contributed by atoms with Crippen molar-refractivity contribution in [1.82, 2.24) is 0 Å². The Kier molecular flexibility index (Phi) is 26.6. The van der Waals surface area contributed by atoms with Gasteiger partial charge in [0, 0.05) is 0 Å². The minimum Gasteiger partial charge on any atom is -0.481 e. The van der Waals surface area contributed by atoms with Crippen molar-refractivity contribution in [2.24, 2.45) is 5.92 Å². The number of aliphatic carboxylic acids is 1. The van der Waals surface area contributed by atoms with Crippen LogP contribution >= 0.6 is 0 Å². The van der Waals surface area contributed by atoms with Crippen LogP contribution in [0.5, 0.6) is 0 Å². The highest BCUT2D eigenvalue weighted by molar-refractivity contribution is 5.70. The van der Waals surface area contributed by atoms with Crippen LogP contribution in [0.1, 0.15) is 162 Å². The van der Waals surface area contributed by atoms with Crippen LogP contribution in [-0.2, 0) is 4.79 Å². The number of carboxylic acid groups (broad SMARTS) is 1. The first kappa shape index (κ1) is 33.9. The van der Waals surface area contributed by atoms with Crippen molar-refractivity contribution in [3.05, 3.63) is 24.3 Å². The number of hydrogen-bond donors (Lipinski definition) is 2. The Balaban J connectivity index is 3.67. The van der Waals surface area contributed by atoms with Gasteiger partial charge in [0.2, 0.25) is 0 Å². The second-order valence-electron chi connectivity index (χ2n) is 10.5. The highest BCUT2D eigenvalue weighted by Crippen LogP contribution is 2.20. The van der Waals surface area contributed by atoms with E-state index in [0.717, 1.165) is 38.5 Å². The second kappa shape index (κ2) is 27.5. The van der Waals surface area contributed by atoms with Gasteiger partial charge >= 0.3 is 5.97 Å². The number of carbonyl (C=O) groups is 1. The van der Waals surface area contributed by atoms with E-state index >= 15 is 0 Å². The molecule has 0 fully saturated rings. The average Bonchev–Trinajstić information content (AvgIpc) is 2.84. The first-order chi connectivity index (χ1) is 17.1. The van der Waals surface area contributed by atoms with Gasteiger partial charge in [0.05, 0.1) is 12.0 Å². The third-order valence-corrected chi connectivity index (χ3v) is 7.07. The van der Waals surface area contributed by atoms with Gasteiger partial charge in [-0.25, -0.2) is 0 Å². The van der Waals surface area contributed by atoms with Crippen LogP contribution in [0.25, 0.3) is 0 Å². The molecule has 0 saturated carbocycles. The predicted molar refractivity (Wildman–Crippen MR) is 153 cm³/mol. The smallest absolute Gasteiger partial charge is 0.309 e. The molecule has 0 bridgehead atoms. The maximum atomic E-state index is 11.6. The summed E-state index contributed by atoms with van der Waals surface area (Å²) < 4.78 is 0. The Morgan fingerprint density at radius 1 is 0.543 bits per heavy atom. The maximum absolute atomic E-state index is 11.6. The summed E-state index contributed by atoms with van der Waals surface area (Å²) in [6.45, 7) is 4.49. The van der Waals surface area contributed by atoms with E-state index in [2.05, 4.69) is 38.2 Å². The summed E-state index contributed by atoms with van der Waals surface area (Å²) in [5.41, 5.74) is 0. The number of unbranched alkanes of at least 4 members (excludes halogenated alkanes) is 17. The topological polar surface area (TPSA) is 57.5 Å². The molecule has 3 heteroatoms. The molecule has 0 aromatic heterocycles. The van der Waals surface area contributed by atoms with Crippen LogP contribution in [0.15, 0.2) is 24.3 Å². The van der Waals surface area contributed by atoms with Crippen molar-refractivity contribution >= 4 is 5.97 Å². The lowest BCUT2D eigenvalue weighted by molar-refractivity contribution is -0.146. The standard InChI is InChI=1S/C32H60O3/c1-3-5-7-9-11-13-15-17-19-21-23-25-27-29-31(33)30(32(34)35)28-26-24-22-20-18-16-14-12-10-8-6-4-2/h13-16,30-31,33H,3-12,17-29H2,1-2H3,(H,34,35)/b15-13+,16-14+/t30-,31+/m1/s1. The second-order valence-corrected chi connectivity index (χ2v) is 10.5.